The average Bonchev–Trinajstić information content (AvgIpc) is 1.38. The SMILES string of the molecule is O=[SH](=S)OF. The molecule has 2 nitrogen and oxygen atoms in total. The second-order valence-corrected chi connectivity index (χ2v) is 1.77. The van der Waals surface area contributed by atoms with Gasteiger partial charge in [0.1, 0.15) is 0 Å². The largest absolute Gasteiger partial charge is 0.229 e. The summed E-state index contributed by atoms with van der Waals surface area (Å²) in [5, 5.41) is 0. The molecule has 0 saturated carbocycles. The van der Waals surface area contributed by atoms with Crippen molar-refractivity contribution in [3.8, 4) is 0 Å². The molecule has 0 N–H and O–H groups in total. The van der Waals surface area contributed by atoms with Crippen molar-refractivity contribution in [1.82, 2.24) is 0 Å². The van der Waals surface area contributed by atoms with Crippen LogP contribution in [0, 0.1) is 0 Å². The molecule has 0 heterocycles. The van der Waals surface area contributed by atoms with Crippen LogP contribution in [0.1, 0.15) is 0 Å². The summed E-state index contributed by atoms with van der Waals surface area (Å²) in [6.07, 6.45) is 0. The Labute approximate surface area is 34.7 Å². The highest BCUT2D eigenvalue weighted by Gasteiger charge is 1.63. The third-order valence-electron chi connectivity index (χ3n) is 0.0563. The van der Waals surface area contributed by atoms with Crippen LogP contribution in [0.5, 0.6) is 0 Å². The third kappa shape index (κ3) is 4.26. The van der Waals surface area contributed by atoms with E-state index >= 15 is 0 Å². The van der Waals surface area contributed by atoms with Crippen LogP contribution in [0.4, 0.5) is 4.53 Å². The normalized spacial score (nSPS) is 14.6. The van der Waals surface area contributed by atoms with Crippen molar-refractivity contribution >= 4 is 20.8 Å². The molecule has 32 valence electrons. The Morgan fingerprint density at radius 3 is 2.20 bits per heavy atom. The van der Waals surface area contributed by atoms with Gasteiger partial charge in [-0.3, -0.25) is 0 Å². The van der Waals surface area contributed by atoms with Crippen molar-refractivity contribution in [2.24, 2.45) is 0 Å². The standard InChI is InChI=1S/FHO2S2/c1-3-5(2)4/h5H. The van der Waals surface area contributed by atoms with E-state index in [1.807, 2.05) is 0 Å². The molecule has 0 amide bonds. The first-order valence-corrected chi connectivity index (χ1v) is 2.89. The predicted octanol–water partition coefficient (Wildman–Crippen LogP) is -0.255. The average molecular weight is 116 g/mol. The van der Waals surface area contributed by atoms with Gasteiger partial charge in [-0.1, -0.05) is 4.39 Å². The molecule has 0 aliphatic heterocycles. The Morgan fingerprint density at radius 2 is 2.20 bits per heavy atom. The molecule has 0 aromatic heterocycles. The fraction of sp³-hybridized carbons (Fsp3) is 0. The molecule has 1 atom stereocenters. The summed E-state index contributed by atoms with van der Waals surface area (Å²) in [6, 6.07) is 0. The highest BCUT2D eigenvalue weighted by molar-refractivity contribution is 8.19. The van der Waals surface area contributed by atoms with Gasteiger partial charge in [0.25, 0.3) is 0 Å². The Balaban J connectivity index is 3.23. The summed E-state index contributed by atoms with van der Waals surface area (Å²) < 4.78 is 22.0. The van der Waals surface area contributed by atoms with Crippen molar-refractivity contribution in [3.05, 3.63) is 0 Å². The topological polar surface area (TPSA) is 26.3 Å². The molecular formula is HFO2S2. The summed E-state index contributed by atoms with van der Waals surface area (Å²) in [5.74, 6) is 0. The summed E-state index contributed by atoms with van der Waals surface area (Å²) >= 11 is 3.69. The summed E-state index contributed by atoms with van der Waals surface area (Å²) in [4.78, 5) is 0. The van der Waals surface area contributed by atoms with Gasteiger partial charge in [0, 0.05) is 11.2 Å². The molecule has 0 radical (unpaired) electrons. The highest BCUT2D eigenvalue weighted by atomic mass is 32.8. The lowest BCUT2D eigenvalue weighted by molar-refractivity contribution is 0.0174. The zero-order valence-corrected chi connectivity index (χ0v) is 3.76. The van der Waals surface area contributed by atoms with E-state index in [1.165, 1.54) is 0 Å². The minimum absolute atomic E-state index is 2.43. The maximum Gasteiger partial charge on any atom is 0.168 e. The van der Waals surface area contributed by atoms with Crippen molar-refractivity contribution in [3.63, 3.8) is 0 Å². The Morgan fingerprint density at radius 1 is 2.00 bits per heavy atom. The Bertz CT molecular complexity index is 65.7. The van der Waals surface area contributed by atoms with Crippen LogP contribution in [0.25, 0.3) is 0 Å². The lowest BCUT2D eigenvalue weighted by Gasteiger charge is -1.62. The number of hydrogen-bond acceptors (Lipinski definition) is 3. The van der Waals surface area contributed by atoms with E-state index in [1.54, 1.807) is 0 Å². The maximum atomic E-state index is 10.2. The van der Waals surface area contributed by atoms with E-state index in [-0.39, 0.29) is 0 Å². The second kappa shape index (κ2) is 2.49. The van der Waals surface area contributed by atoms with Crippen molar-refractivity contribution in [2.75, 3.05) is 0 Å². The number of thiol groups is 1. The zero-order valence-electron chi connectivity index (χ0n) is 2.05. The first-order valence-electron chi connectivity index (χ1n) is 0.702. The smallest absolute Gasteiger partial charge is 0.168 e. The van der Waals surface area contributed by atoms with E-state index < -0.39 is 9.64 Å². The minimum Gasteiger partial charge on any atom is -0.229 e. The van der Waals surface area contributed by atoms with Gasteiger partial charge < -0.3 is 0 Å². The van der Waals surface area contributed by atoms with E-state index in [9.17, 15) is 8.74 Å². The monoisotopic (exact) mass is 116 g/mol. The number of rotatable bonds is 1. The highest BCUT2D eigenvalue weighted by Crippen LogP contribution is 1.65. The predicted molar refractivity (Wildman–Crippen MR) is 19.1 cm³/mol. The quantitative estimate of drug-likeness (QED) is 0.478. The van der Waals surface area contributed by atoms with Crippen LogP contribution >= 0.6 is 0 Å². The third-order valence-corrected chi connectivity index (χ3v) is 0.338. The van der Waals surface area contributed by atoms with Crippen LogP contribution in [0.15, 0.2) is 0 Å². The van der Waals surface area contributed by atoms with Gasteiger partial charge in [-0.15, -0.1) is 0 Å². The Hall–Kier alpha value is 0.260. The lowest BCUT2D eigenvalue weighted by Crippen LogP contribution is -1.63. The summed E-state index contributed by atoms with van der Waals surface area (Å²) in [7, 11) is -2.43. The van der Waals surface area contributed by atoms with Crippen LogP contribution in [-0.4, -0.2) is 4.21 Å². The van der Waals surface area contributed by atoms with Crippen molar-refractivity contribution in [2.45, 2.75) is 0 Å². The van der Waals surface area contributed by atoms with Crippen LogP contribution < -0.4 is 0 Å². The van der Waals surface area contributed by atoms with Crippen molar-refractivity contribution < 1.29 is 13.1 Å². The molecule has 0 rings (SSSR count). The number of halogens is 1. The molecule has 0 fully saturated rings. The van der Waals surface area contributed by atoms with Crippen LogP contribution in [0.2, 0.25) is 0 Å². The fourth-order valence-corrected chi connectivity index (χ4v) is 0. The van der Waals surface area contributed by atoms with E-state index in [4.69, 9.17) is 0 Å². The second-order valence-electron chi connectivity index (χ2n) is 0.293. The summed E-state index contributed by atoms with van der Waals surface area (Å²) in [5.41, 5.74) is 0. The van der Waals surface area contributed by atoms with Gasteiger partial charge >= 0.3 is 0 Å². The molecule has 0 aromatic carbocycles. The molecule has 0 aliphatic carbocycles. The molecule has 0 saturated heterocycles. The van der Waals surface area contributed by atoms with Gasteiger partial charge in [0.05, 0.1) is 0 Å². The molecule has 1 unspecified atom stereocenters. The molecule has 5 heavy (non-hydrogen) atoms. The zero-order chi connectivity index (χ0) is 4.28. The lowest BCUT2D eigenvalue weighted by atomic mass is 15.6. The van der Waals surface area contributed by atoms with Crippen LogP contribution in [0.3, 0.4) is 0 Å². The molecule has 0 spiro atoms. The summed E-state index contributed by atoms with van der Waals surface area (Å²) in [6.45, 7) is 0. The van der Waals surface area contributed by atoms with Gasteiger partial charge in [0.15, 0.2) is 9.64 Å². The molecular weight excluding hydrogens is 115 g/mol. The molecule has 5 heteroatoms. The molecule has 0 aliphatic rings. The molecule has 0 aromatic rings. The van der Waals surface area contributed by atoms with Gasteiger partial charge in [0.2, 0.25) is 0 Å². The number of hydrogen-bond donors (Lipinski definition) is 1. The first kappa shape index (κ1) is 5.26. The van der Waals surface area contributed by atoms with Crippen LogP contribution in [-0.2, 0) is 25.2 Å². The van der Waals surface area contributed by atoms with Crippen molar-refractivity contribution in [1.29, 1.82) is 0 Å². The van der Waals surface area contributed by atoms with E-state index in [0.717, 1.165) is 0 Å². The fourth-order valence-electron chi connectivity index (χ4n) is 0. The van der Waals surface area contributed by atoms with E-state index in [2.05, 4.69) is 15.6 Å². The van der Waals surface area contributed by atoms with Gasteiger partial charge in [-0.25, -0.2) is 4.21 Å². The maximum absolute atomic E-state index is 10.2. The van der Waals surface area contributed by atoms with Gasteiger partial charge in [-0.2, -0.15) is 0 Å². The van der Waals surface area contributed by atoms with Gasteiger partial charge in [-0.05, 0) is 4.53 Å². The Kier molecular flexibility index (Phi) is 2.62. The van der Waals surface area contributed by atoms with E-state index in [0.29, 0.717) is 0 Å². The minimum atomic E-state index is -2.43. The first-order chi connectivity index (χ1) is 2.27. The molecule has 0 bridgehead atoms.